The molecule has 1 atom stereocenters. The summed E-state index contributed by atoms with van der Waals surface area (Å²) in [6.45, 7) is 6.64. The van der Waals surface area contributed by atoms with Gasteiger partial charge in [0.2, 0.25) is 0 Å². The number of aliphatic carboxylic acids is 1. The van der Waals surface area contributed by atoms with Gasteiger partial charge < -0.3 is 19.9 Å². The first kappa shape index (κ1) is 17.8. The number of carboxylic acid groups (broad SMARTS) is 1. The van der Waals surface area contributed by atoms with Crippen LogP contribution in [0.2, 0.25) is 0 Å². The molecule has 6 heteroatoms. The highest BCUT2D eigenvalue weighted by Crippen LogP contribution is 2.22. The van der Waals surface area contributed by atoms with Crippen molar-refractivity contribution in [2.75, 3.05) is 7.11 Å². The number of hydrogen-bond donors (Lipinski definition) is 2. The summed E-state index contributed by atoms with van der Waals surface area (Å²) in [5.74, 6) is -0.594. The number of amides is 1. The highest BCUT2D eigenvalue weighted by Gasteiger charge is 2.34. The van der Waals surface area contributed by atoms with E-state index in [9.17, 15) is 9.59 Å². The number of carbonyl (C=O) groups is 2. The minimum atomic E-state index is -1.20. The van der Waals surface area contributed by atoms with Gasteiger partial charge in [-0.05, 0) is 44.0 Å². The first-order valence-corrected chi connectivity index (χ1v) is 7.04. The Hall–Kier alpha value is -2.24. The van der Waals surface area contributed by atoms with Crippen molar-refractivity contribution in [3.05, 3.63) is 24.3 Å². The molecule has 22 heavy (non-hydrogen) atoms. The molecule has 6 nitrogen and oxygen atoms in total. The SMILES string of the molecule is COc1ccc(OC(C)(C)C(=O)NC(C(=O)O)C(C)C)cc1. The van der Waals surface area contributed by atoms with Crippen LogP contribution in [-0.4, -0.2) is 35.7 Å². The van der Waals surface area contributed by atoms with Crippen molar-refractivity contribution in [2.24, 2.45) is 5.92 Å². The molecule has 1 unspecified atom stereocenters. The average Bonchev–Trinajstić information content (AvgIpc) is 2.44. The Morgan fingerprint density at radius 1 is 1.14 bits per heavy atom. The second-order valence-electron chi connectivity index (χ2n) is 5.82. The van der Waals surface area contributed by atoms with E-state index in [1.54, 1.807) is 59.1 Å². The van der Waals surface area contributed by atoms with E-state index < -0.39 is 23.5 Å². The number of nitrogens with one attached hydrogen (secondary N) is 1. The molecule has 1 rings (SSSR count). The molecule has 0 aliphatic carbocycles. The van der Waals surface area contributed by atoms with Crippen LogP contribution in [0.5, 0.6) is 11.5 Å². The first-order valence-electron chi connectivity index (χ1n) is 7.04. The van der Waals surface area contributed by atoms with E-state index in [-0.39, 0.29) is 5.92 Å². The molecular weight excluding hydrogens is 286 g/mol. The van der Waals surface area contributed by atoms with Crippen LogP contribution < -0.4 is 14.8 Å². The summed E-state index contributed by atoms with van der Waals surface area (Å²) in [6.07, 6.45) is 0. The maximum atomic E-state index is 12.3. The van der Waals surface area contributed by atoms with Crippen LogP contribution in [-0.2, 0) is 9.59 Å². The van der Waals surface area contributed by atoms with Crippen LogP contribution in [0.15, 0.2) is 24.3 Å². The molecule has 1 aromatic rings. The Bertz CT molecular complexity index is 522. The third-order valence-corrected chi connectivity index (χ3v) is 3.20. The molecule has 0 heterocycles. The fourth-order valence-corrected chi connectivity index (χ4v) is 1.81. The maximum Gasteiger partial charge on any atom is 0.326 e. The van der Waals surface area contributed by atoms with Gasteiger partial charge in [0, 0.05) is 0 Å². The zero-order valence-corrected chi connectivity index (χ0v) is 13.5. The molecule has 122 valence electrons. The summed E-state index contributed by atoms with van der Waals surface area (Å²) in [5.41, 5.74) is -1.20. The molecule has 0 aliphatic rings. The molecule has 1 amide bonds. The molecule has 0 fully saturated rings. The van der Waals surface area contributed by atoms with E-state index >= 15 is 0 Å². The van der Waals surface area contributed by atoms with Crippen LogP contribution in [0.25, 0.3) is 0 Å². The number of hydrogen-bond acceptors (Lipinski definition) is 4. The van der Waals surface area contributed by atoms with Gasteiger partial charge in [-0.2, -0.15) is 0 Å². The standard InChI is InChI=1S/C16H23NO5/c1-10(2)13(14(18)19)17-15(20)16(3,4)22-12-8-6-11(21-5)7-9-12/h6-10,13H,1-5H3,(H,17,20)(H,18,19). The van der Waals surface area contributed by atoms with Crippen molar-refractivity contribution >= 4 is 11.9 Å². The van der Waals surface area contributed by atoms with Crippen LogP contribution >= 0.6 is 0 Å². The molecule has 0 aromatic heterocycles. The van der Waals surface area contributed by atoms with Crippen molar-refractivity contribution in [1.29, 1.82) is 0 Å². The molecule has 0 saturated heterocycles. The summed E-state index contributed by atoms with van der Waals surface area (Å²) in [7, 11) is 1.56. The molecule has 1 aromatic carbocycles. The fraction of sp³-hybridized carbons (Fsp3) is 0.500. The normalized spacial score (nSPS) is 12.6. The van der Waals surface area contributed by atoms with Crippen molar-refractivity contribution in [3.8, 4) is 11.5 Å². The zero-order chi connectivity index (χ0) is 16.9. The molecule has 0 bridgehead atoms. The van der Waals surface area contributed by atoms with Crippen molar-refractivity contribution in [2.45, 2.75) is 39.3 Å². The van der Waals surface area contributed by atoms with E-state index in [1.165, 1.54) is 0 Å². The van der Waals surface area contributed by atoms with Gasteiger partial charge in [0.15, 0.2) is 5.60 Å². The molecule has 0 spiro atoms. The second kappa shape index (κ2) is 7.15. The maximum absolute atomic E-state index is 12.3. The Labute approximate surface area is 130 Å². The highest BCUT2D eigenvalue weighted by molar-refractivity contribution is 5.89. The number of benzene rings is 1. The van der Waals surface area contributed by atoms with Crippen molar-refractivity contribution in [3.63, 3.8) is 0 Å². The van der Waals surface area contributed by atoms with Gasteiger partial charge in [-0.15, -0.1) is 0 Å². The number of carboxylic acids is 1. The lowest BCUT2D eigenvalue weighted by Crippen LogP contribution is -2.53. The van der Waals surface area contributed by atoms with E-state index in [1.807, 2.05) is 0 Å². The zero-order valence-electron chi connectivity index (χ0n) is 13.5. The molecule has 0 aliphatic heterocycles. The van der Waals surface area contributed by atoms with E-state index in [4.69, 9.17) is 14.6 Å². The number of ether oxygens (including phenoxy) is 2. The quantitative estimate of drug-likeness (QED) is 0.805. The van der Waals surface area contributed by atoms with Gasteiger partial charge in [-0.25, -0.2) is 4.79 Å². The lowest BCUT2D eigenvalue weighted by atomic mass is 10.0. The largest absolute Gasteiger partial charge is 0.497 e. The Morgan fingerprint density at radius 3 is 2.05 bits per heavy atom. The van der Waals surface area contributed by atoms with Gasteiger partial charge >= 0.3 is 5.97 Å². The topological polar surface area (TPSA) is 84.9 Å². The highest BCUT2D eigenvalue weighted by atomic mass is 16.5. The second-order valence-corrected chi connectivity index (χ2v) is 5.82. The van der Waals surface area contributed by atoms with Gasteiger partial charge in [-0.3, -0.25) is 4.79 Å². The first-order chi connectivity index (χ1) is 10.2. The Balaban J connectivity index is 2.78. The average molecular weight is 309 g/mol. The lowest BCUT2D eigenvalue weighted by Gasteiger charge is -2.28. The van der Waals surface area contributed by atoms with Gasteiger partial charge in [-0.1, -0.05) is 13.8 Å². The van der Waals surface area contributed by atoms with E-state index in [2.05, 4.69) is 5.32 Å². The van der Waals surface area contributed by atoms with Gasteiger partial charge in [0.1, 0.15) is 17.5 Å². The Kier molecular flexibility index (Phi) is 5.79. The smallest absolute Gasteiger partial charge is 0.326 e. The number of carbonyl (C=O) groups excluding carboxylic acids is 1. The van der Waals surface area contributed by atoms with Crippen LogP contribution in [0.4, 0.5) is 0 Å². The summed E-state index contributed by atoms with van der Waals surface area (Å²) in [5, 5.41) is 11.6. The monoisotopic (exact) mass is 309 g/mol. The molecule has 0 radical (unpaired) electrons. The molecule has 2 N–H and O–H groups in total. The minimum Gasteiger partial charge on any atom is -0.497 e. The van der Waals surface area contributed by atoms with Gasteiger partial charge in [0.25, 0.3) is 5.91 Å². The third kappa shape index (κ3) is 4.65. The third-order valence-electron chi connectivity index (χ3n) is 3.20. The predicted octanol–water partition coefficient (Wildman–Crippen LogP) is 2.08. The van der Waals surface area contributed by atoms with Crippen molar-refractivity contribution < 1.29 is 24.2 Å². The lowest BCUT2D eigenvalue weighted by molar-refractivity contribution is -0.146. The molecule has 0 saturated carbocycles. The van der Waals surface area contributed by atoms with E-state index in [0.29, 0.717) is 11.5 Å². The summed E-state index contributed by atoms with van der Waals surface area (Å²) in [4.78, 5) is 23.5. The number of rotatable bonds is 7. The molecular formula is C16H23NO5. The minimum absolute atomic E-state index is 0.224. The summed E-state index contributed by atoms with van der Waals surface area (Å²) in [6, 6.07) is 5.86. The number of methoxy groups -OCH3 is 1. The summed E-state index contributed by atoms with van der Waals surface area (Å²) >= 11 is 0. The van der Waals surface area contributed by atoms with Gasteiger partial charge in [0.05, 0.1) is 7.11 Å². The van der Waals surface area contributed by atoms with E-state index in [0.717, 1.165) is 0 Å². The van der Waals surface area contributed by atoms with Crippen molar-refractivity contribution in [1.82, 2.24) is 5.32 Å². The predicted molar refractivity (Wildman–Crippen MR) is 82.1 cm³/mol. The summed E-state index contributed by atoms with van der Waals surface area (Å²) < 4.78 is 10.7. The van der Waals surface area contributed by atoms with Crippen LogP contribution in [0, 0.1) is 5.92 Å². The fourth-order valence-electron chi connectivity index (χ4n) is 1.81. The van der Waals surface area contributed by atoms with Crippen LogP contribution in [0.1, 0.15) is 27.7 Å². The van der Waals surface area contributed by atoms with Crippen LogP contribution in [0.3, 0.4) is 0 Å². The Morgan fingerprint density at radius 2 is 1.64 bits per heavy atom.